The third-order valence-corrected chi connectivity index (χ3v) is 6.74. The molecule has 3 aromatic carbocycles. The van der Waals surface area contributed by atoms with Crippen LogP contribution in [0.2, 0.25) is 0 Å². The van der Waals surface area contributed by atoms with E-state index in [2.05, 4.69) is 10.3 Å². The van der Waals surface area contributed by atoms with E-state index in [0.717, 1.165) is 52.9 Å². The summed E-state index contributed by atoms with van der Waals surface area (Å²) in [5.41, 5.74) is 1.79. The molecule has 2 N–H and O–H groups in total. The second kappa shape index (κ2) is 13.9. The van der Waals surface area contributed by atoms with Crippen LogP contribution in [0.25, 0.3) is 11.5 Å². The van der Waals surface area contributed by atoms with Gasteiger partial charge in [-0.25, -0.2) is 9.78 Å². The SMILES string of the molecule is COc1ccc(-c2nc(CCOc3ccc(C[C@H](N/C(C)=C/C(=O)c4ccc(C(F)(F)F)cc4)C(=O)O)cc3)c(C)o2)cc1. The van der Waals surface area contributed by atoms with Crippen LogP contribution in [-0.2, 0) is 23.8 Å². The van der Waals surface area contributed by atoms with Gasteiger partial charge in [-0.2, -0.15) is 13.2 Å². The maximum Gasteiger partial charge on any atom is 0.416 e. The van der Waals surface area contributed by atoms with Crippen LogP contribution in [0.15, 0.2) is 89.0 Å². The fourth-order valence-corrected chi connectivity index (χ4v) is 4.36. The number of carbonyl (C=O) groups is 2. The van der Waals surface area contributed by atoms with Gasteiger partial charge in [0.15, 0.2) is 5.78 Å². The highest BCUT2D eigenvalue weighted by molar-refractivity contribution is 6.04. The molecule has 0 aliphatic carbocycles. The Morgan fingerprint density at radius 1 is 1.00 bits per heavy atom. The van der Waals surface area contributed by atoms with Gasteiger partial charge in [-0.15, -0.1) is 0 Å². The number of rotatable bonds is 13. The summed E-state index contributed by atoms with van der Waals surface area (Å²) in [6.07, 6.45) is -2.71. The monoisotopic (exact) mass is 608 g/mol. The number of aromatic nitrogens is 1. The number of allylic oxidation sites excluding steroid dienone is 2. The van der Waals surface area contributed by atoms with Crippen molar-refractivity contribution in [3.05, 3.63) is 113 Å². The number of aryl methyl sites for hydroxylation is 1. The molecule has 4 aromatic rings. The van der Waals surface area contributed by atoms with E-state index in [0.29, 0.717) is 30.4 Å². The van der Waals surface area contributed by atoms with Crippen molar-refractivity contribution in [1.82, 2.24) is 10.3 Å². The van der Waals surface area contributed by atoms with Gasteiger partial charge in [0.25, 0.3) is 0 Å². The van der Waals surface area contributed by atoms with Gasteiger partial charge in [-0.05, 0) is 67.9 Å². The van der Waals surface area contributed by atoms with Crippen LogP contribution >= 0.6 is 0 Å². The molecule has 0 spiro atoms. The smallest absolute Gasteiger partial charge is 0.416 e. The molecule has 0 saturated carbocycles. The fraction of sp³-hybridized carbons (Fsp3) is 0.242. The number of oxazole rings is 1. The summed E-state index contributed by atoms with van der Waals surface area (Å²) in [6.45, 7) is 3.72. The Bertz CT molecular complexity index is 1610. The third kappa shape index (κ3) is 8.50. The number of carbonyl (C=O) groups excluding carboxylic acids is 1. The lowest BCUT2D eigenvalue weighted by Crippen LogP contribution is -2.37. The number of aliphatic carboxylic acids is 1. The zero-order valence-electron chi connectivity index (χ0n) is 24.3. The lowest BCUT2D eigenvalue weighted by atomic mass is 10.0. The van der Waals surface area contributed by atoms with Crippen LogP contribution in [0.5, 0.6) is 11.5 Å². The topological polar surface area (TPSA) is 111 Å². The molecule has 8 nitrogen and oxygen atoms in total. The molecule has 230 valence electrons. The highest BCUT2D eigenvalue weighted by atomic mass is 19.4. The number of carboxylic acids is 1. The minimum absolute atomic E-state index is 0.0537. The summed E-state index contributed by atoms with van der Waals surface area (Å²) in [5, 5.41) is 12.5. The quantitative estimate of drug-likeness (QED) is 0.128. The van der Waals surface area contributed by atoms with E-state index in [9.17, 15) is 27.9 Å². The molecular formula is C33H31F3N2O6. The highest BCUT2D eigenvalue weighted by Gasteiger charge is 2.30. The summed E-state index contributed by atoms with van der Waals surface area (Å²) in [4.78, 5) is 29.0. The summed E-state index contributed by atoms with van der Waals surface area (Å²) in [6, 6.07) is 17.2. The first-order valence-corrected chi connectivity index (χ1v) is 13.6. The van der Waals surface area contributed by atoms with E-state index in [4.69, 9.17) is 13.9 Å². The van der Waals surface area contributed by atoms with Crippen LogP contribution < -0.4 is 14.8 Å². The molecule has 0 amide bonds. The molecular weight excluding hydrogens is 577 g/mol. The Labute approximate surface area is 252 Å². The zero-order chi connectivity index (χ0) is 31.9. The number of hydrogen-bond acceptors (Lipinski definition) is 7. The van der Waals surface area contributed by atoms with E-state index in [1.165, 1.54) is 6.92 Å². The first-order chi connectivity index (χ1) is 20.9. The van der Waals surface area contributed by atoms with Crippen LogP contribution in [0, 0.1) is 6.92 Å². The van der Waals surface area contributed by atoms with Crippen molar-refractivity contribution in [2.75, 3.05) is 13.7 Å². The number of ether oxygens (including phenoxy) is 2. The van der Waals surface area contributed by atoms with Gasteiger partial charge in [0, 0.05) is 35.7 Å². The maximum absolute atomic E-state index is 12.8. The minimum atomic E-state index is -4.51. The molecule has 0 fully saturated rings. The van der Waals surface area contributed by atoms with Crippen molar-refractivity contribution in [3.63, 3.8) is 0 Å². The summed E-state index contributed by atoms with van der Waals surface area (Å²) < 4.78 is 55.2. The molecule has 1 aromatic heterocycles. The van der Waals surface area contributed by atoms with Crippen LogP contribution in [0.3, 0.4) is 0 Å². The molecule has 11 heteroatoms. The summed E-state index contributed by atoms with van der Waals surface area (Å²) in [5.74, 6) is 0.879. The van der Waals surface area contributed by atoms with Gasteiger partial charge in [-0.3, -0.25) is 4.79 Å². The molecule has 0 radical (unpaired) electrons. The normalized spacial score (nSPS) is 12.5. The van der Waals surface area contributed by atoms with E-state index in [1.54, 1.807) is 31.4 Å². The average Bonchev–Trinajstić information content (AvgIpc) is 3.37. The number of nitrogens with one attached hydrogen (secondary N) is 1. The minimum Gasteiger partial charge on any atom is -0.497 e. The number of nitrogens with zero attached hydrogens (tertiary/aromatic N) is 1. The second-order valence-electron chi connectivity index (χ2n) is 10.00. The molecule has 0 unspecified atom stereocenters. The highest BCUT2D eigenvalue weighted by Crippen LogP contribution is 2.29. The average molecular weight is 609 g/mol. The first kappa shape index (κ1) is 31.9. The molecule has 0 aliphatic rings. The van der Waals surface area contributed by atoms with Gasteiger partial charge in [0.05, 0.1) is 25.0 Å². The number of halogens is 3. The molecule has 0 aliphatic heterocycles. The van der Waals surface area contributed by atoms with Crippen LogP contribution in [-0.4, -0.2) is 41.6 Å². The zero-order valence-corrected chi connectivity index (χ0v) is 24.3. The Morgan fingerprint density at radius 2 is 1.64 bits per heavy atom. The summed E-state index contributed by atoms with van der Waals surface area (Å²) >= 11 is 0. The Balaban J connectivity index is 1.30. The van der Waals surface area contributed by atoms with E-state index in [1.807, 2.05) is 31.2 Å². The second-order valence-corrected chi connectivity index (χ2v) is 10.00. The van der Waals surface area contributed by atoms with Gasteiger partial charge in [0.2, 0.25) is 5.89 Å². The maximum atomic E-state index is 12.8. The molecule has 1 heterocycles. The number of methoxy groups -OCH3 is 1. The number of hydrogen-bond donors (Lipinski definition) is 2. The molecule has 4 rings (SSSR count). The largest absolute Gasteiger partial charge is 0.497 e. The van der Waals surface area contributed by atoms with Crippen molar-refractivity contribution in [2.45, 2.75) is 38.9 Å². The summed E-state index contributed by atoms with van der Waals surface area (Å²) in [7, 11) is 1.60. The van der Waals surface area contributed by atoms with Gasteiger partial charge >= 0.3 is 12.1 Å². The van der Waals surface area contributed by atoms with Crippen molar-refractivity contribution >= 4 is 11.8 Å². The molecule has 1 atom stereocenters. The molecule has 0 bridgehead atoms. The third-order valence-electron chi connectivity index (χ3n) is 6.74. The van der Waals surface area contributed by atoms with Crippen LogP contribution in [0.4, 0.5) is 13.2 Å². The lowest BCUT2D eigenvalue weighted by molar-refractivity contribution is -0.139. The molecule has 0 saturated heterocycles. The van der Waals surface area contributed by atoms with Crippen molar-refractivity contribution in [3.8, 4) is 23.0 Å². The number of carboxylic acid groups (broad SMARTS) is 1. The predicted molar refractivity (Wildman–Crippen MR) is 157 cm³/mol. The predicted octanol–water partition coefficient (Wildman–Crippen LogP) is 6.67. The van der Waals surface area contributed by atoms with E-state index >= 15 is 0 Å². The van der Waals surface area contributed by atoms with Gasteiger partial charge < -0.3 is 24.3 Å². The van der Waals surface area contributed by atoms with Crippen LogP contribution in [0.1, 0.15) is 39.9 Å². The number of benzene rings is 3. The first-order valence-electron chi connectivity index (χ1n) is 13.6. The van der Waals surface area contributed by atoms with Gasteiger partial charge in [-0.1, -0.05) is 24.3 Å². The molecule has 44 heavy (non-hydrogen) atoms. The van der Waals surface area contributed by atoms with E-state index in [-0.39, 0.29) is 17.7 Å². The van der Waals surface area contributed by atoms with Gasteiger partial charge in [0.1, 0.15) is 23.3 Å². The standard InChI is InChI=1S/C33H31F3N2O6/c1-20(18-30(39)23-6-10-25(11-7-23)33(34,35)36)37-29(32(40)41)19-22-4-12-27(13-5-22)43-17-16-28-21(2)44-31(38-28)24-8-14-26(42-3)15-9-24/h4-15,18,29,37H,16-17,19H2,1-3H3,(H,40,41)/b20-18+/t29-/m0/s1. The Kier molecular flexibility index (Phi) is 10.1. The number of ketones is 1. The lowest BCUT2D eigenvalue weighted by Gasteiger charge is -2.16. The fourth-order valence-electron chi connectivity index (χ4n) is 4.36. The van der Waals surface area contributed by atoms with Crippen molar-refractivity contribution < 1.29 is 41.8 Å². The van der Waals surface area contributed by atoms with E-state index < -0.39 is 29.5 Å². The Hall–Kier alpha value is -5.06. The van der Waals surface area contributed by atoms with Crippen molar-refractivity contribution in [1.29, 1.82) is 0 Å². The Morgan fingerprint density at radius 3 is 2.23 bits per heavy atom. The van der Waals surface area contributed by atoms with Crippen molar-refractivity contribution in [2.24, 2.45) is 0 Å². The number of alkyl halides is 3.